The van der Waals surface area contributed by atoms with Crippen molar-refractivity contribution in [1.82, 2.24) is 10.1 Å². The van der Waals surface area contributed by atoms with Crippen LogP contribution < -0.4 is 15.2 Å². The molecule has 1 aliphatic heterocycles. The van der Waals surface area contributed by atoms with Crippen molar-refractivity contribution < 1.29 is 14.0 Å². The maximum absolute atomic E-state index is 6.12. The van der Waals surface area contributed by atoms with Gasteiger partial charge in [-0.1, -0.05) is 25.9 Å². The van der Waals surface area contributed by atoms with Crippen molar-refractivity contribution in [3.05, 3.63) is 24.0 Å². The molecule has 0 fully saturated rings. The SMILES string of the molecule is CC(C)(C)C(N)c1noc(-c2ccc3c(c2)OCO3)n1. The van der Waals surface area contributed by atoms with Crippen LogP contribution in [0.3, 0.4) is 0 Å². The number of aromatic nitrogens is 2. The number of nitrogens with zero attached hydrogens (tertiary/aromatic N) is 2. The Morgan fingerprint density at radius 3 is 2.70 bits per heavy atom. The number of fused-ring (bicyclic) bond motifs is 1. The number of hydrogen-bond acceptors (Lipinski definition) is 6. The molecule has 1 aliphatic rings. The lowest BCUT2D eigenvalue weighted by molar-refractivity contribution is 0.174. The van der Waals surface area contributed by atoms with E-state index in [0.29, 0.717) is 17.5 Å². The maximum atomic E-state index is 6.12. The molecule has 6 nitrogen and oxygen atoms in total. The zero-order valence-electron chi connectivity index (χ0n) is 11.7. The van der Waals surface area contributed by atoms with Gasteiger partial charge >= 0.3 is 0 Å². The minimum absolute atomic E-state index is 0.129. The lowest BCUT2D eigenvalue weighted by Crippen LogP contribution is -2.27. The summed E-state index contributed by atoms with van der Waals surface area (Å²) in [5, 5.41) is 3.97. The second-order valence-corrected chi connectivity index (χ2v) is 5.87. The molecule has 0 radical (unpaired) electrons. The monoisotopic (exact) mass is 275 g/mol. The van der Waals surface area contributed by atoms with Crippen LogP contribution in [0, 0.1) is 5.41 Å². The molecule has 0 spiro atoms. The number of rotatable bonds is 2. The van der Waals surface area contributed by atoms with Gasteiger partial charge in [0.05, 0.1) is 6.04 Å². The van der Waals surface area contributed by atoms with Crippen LogP contribution >= 0.6 is 0 Å². The predicted molar refractivity (Wildman–Crippen MR) is 72.2 cm³/mol. The van der Waals surface area contributed by atoms with Crippen LogP contribution in [0.2, 0.25) is 0 Å². The normalized spacial score (nSPS) is 15.4. The van der Waals surface area contributed by atoms with E-state index < -0.39 is 0 Å². The molecule has 0 bridgehead atoms. The van der Waals surface area contributed by atoms with Crippen molar-refractivity contribution in [2.45, 2.75) is 26.8 Å². The van der Waals surface area contributed by atoms with Crippen molar-refractivity contribution in [3.63, 3.8) is 0 Å². The fourth-order valence-electron chi connectivity index (χ4n) is 1.90. The minimum atomic E-state index is -0.283. The first kappa shape index (κ1) is 12.9. The lowest BCUT2D eigenvalue weighted by atomic mass is 9.87. The number of hydrogen-bond donors (Lipinski definition) is 1. The van der Waals surface area contributed by atoms with E-state index in [-0.39, 0.29) is 18.2 Å². The molecule has 1 atom stereocenters. The first-order chi connectivity index (χ1) is 9.45. The summed E-state index contributed by atoms with van der Waals surface area (Å²) in [5.74, 6) is 2.34. The molecule has 0 amide bonds. The Kier molecular flexibility index (Phi) is 2.90. The Bertz CT molecular complexity index is 631. The van der Waals surface area contributed by atoms with E-state index >= 15 is 0 Å². The Morgan fingerprint density at radius 2 is 1.95 bits per heavy atom. The molecule has 106 valence electrons. The van der Waals surface area contributed by atoms with Gasteiger partial charge in [0.15, 0.2) is 17.3 Å². The molecule has 2 aromatic rings. The largest absolute Gasteiger partial charge is 0.454 e. The molecule has 0 aliphatic carbocycles. The predicted octanol–water partition coefficient (Wildman–Crippen LogP) is 2.51. The molecule has 1 aromatic heterocycles. The van der Waals surface area contributed by atoms with Crippen LogP contribution in [0.15, 0.2) is 22.7 Å². The van der Waals surface area contributed by atoms with E-state index in [9.17, 15) is 0 Å². The van der Waals surface area contributed by atoms with Crippen LogP contribution in [0.25, 0.3) is 11.5 Å². The van der Waals surface area contributed by atoms with Gasteiger partial charge in [-0.15, -0.1) is 0 Å². The molecule has 3 rings (SSSR count). The molecule has 0 saturated carbocycles. The Morgan fingerprint density at radius 1 is 1.20 bits per heavy atom. The van der Waals surface area contributed by atoms with E-state index in [1.165, 1.54) is 0 Å². The van der Waals surface area contributed by atoms with Crippen molar-refractivity contribution >= 4 is 0 Å². The van der Waals surface area contributed by atoms with Gasteiger partial charge in [-0.2, -0.15) is 4.98 Å². The molecule has 0 saturated heterocycles. The fraction of sp³-hybridized carbons (Fsp3) is 0.429. The van der Waals surface area contributed by atoms with Crippen molar-refractivity contribution in [2.75, 3.05) is 6.79 Å². The summed E-state index contributed by atoms with van der Waals surface area (Å²) < 4.78 is 15.9. The molecule has 1 unspecified atom stereocenters. The smallest absolute Gasteiger partial charge is 0.258 e. The van der Waals surface area contributed by atoms with E-state index in [4.69, 9.17) is 19.7 Å². The average molecular weight is 275 g/mol. The van der Waals surface area contributed by atoms with Crippen molar-refractivity contribution in [1.29, 1.82) is 0 Å². The van der Waals surface area contributed by atoms with Crippen molar-refractivity contribution in [2.24, 2.45) is 11.1 Å². The number of ether oxygens (including phenoxy) is 2. The topological polar surface area (TPSA) is 83.4 Å². The third-order valence-corrected chi connectivity index (χ3v) is 3.27. The second kappa shape index (κ2) is 4.49. The Hall–Kier alpha value is -2.08. The summed E-state index contributed by atoms with van der Waals surface area (Å²) in [7, 11) is 0. The van der Waals surface area contributed by atoms with Gasteiger partial charge < -0.3 is 19.7 Å². The lowest BCUT2D eigenvalue weighted by Gasteiger charge is -2.23. The molecule has 6 heteroatoms. The third-order valence-electron chi connectivity index (χ3n) is 3.27. The quantitative estimate of drug-likeness (QED) is 0.906. The highest BCUT2D eigenvalue weighted by Crippen LogP contribution is 2.36. The summed E-state index contributed by atoms with van der Waals surface area (Å²) in [6.45, 7) is 6.35. The van der Waals surface area contributed by atoms with E-state index in [0.717, 1.165) is 11.3 Å². The minimum Gasteiger partial charge on any atom is -0.454 e. The highest BCUT2D eigenvalue weighted by molar-refractivity contribution is 5.60. The standard InChI is InChI=1S/C14H17N3O3/c1-14(2,3)11(15)12-16-13(20-17-12)8-4-5-9-10(6-8)19-7-18-9/h4-6,11H,7,15H2,1-3H3. The highest BCUT2D eigenvalue weighted by atomic mass is 16.7. The van der Waals surface area contributed by atoms with E-state index in [2.05, 4.69) is 10.1 Å². The first-order valence-electron chi connectivity index (χ1n) is 6.44. The number of benzene rings is 1. The third kappa shape index (κ3) is 2.22. The van der Waals surface area contributed by atoms with Crippen LogP contribution in [-0.2, 0) is 0 Å². The fourth-order valence-corrected chi connectivity index (χ4v) is 1.90. The van der Waals surface area contributed by atoms with Crippen LogP contribution in [-0.4, -0.2) is 16.9 Å². The molecule has 1 aromatic carbocycles. The maximum Gasteiger partial charge on any atom is 0.258 e. The summed E-state index contributed by atoms with van der Waals surface area (Å²) in [5.41, 5.74) is 6.78. The van der Waals surface area contributed by atoms with Gasteiger partial charge in [0.25, 0.3) is 5.89 Å². The molecule has 20 heavy (non-hydrogen) atoms. The van der Waals surface area contributed by atoms with Crippen LogP contribution in [0.4, 0.5) is 0 Å². The molecular weight excluding hydrogens is 258 g/mol. The summed E-state index contributed by atoms with van der Waals surface area (Å²) in [4.78, 5) is 4.37. The van der Waals surface area contributed by atoms with Gasteiger partial charge in [0.1, 0.15) is 0 Å². The van der Waals surface area contributed by atoms with E-state index in [1.807, 2.05) is 39.0 Å². The zero-order valence-corrected chi connectivity index (χ0v) is 11.7. The van der Waals surface area contributed by atoms with Crippen molar-refractivity contribution in [3.8, 4) is 23.0 Å². The summed E-state index contributed by atoms with van der Waals surface area (Å²) in [6, 6.07) is 5.22. The van der Waals surface area contributed by atoms with Gasteiger partial charge in [0, 0.05) is 5.56 Å². The number of nitrogens with two attached hydrogens (primary N) is 1. The van der Waals surface area contributed by atoms with Gasteiger partial charge in [-0.3, -0.25) is 0 Å². The summed E-state index contributed by atoms with van der Waals surface area (Å²) in [6.07, 6.45) is 0. The average Bonchev–Trinajstić information content (AvgIpc) is 3.04. The second-order valence-electron chi connectivity index (χ2n) is 5.87. The Labute approximate surface area is 116 Å². The van der Waals surface area contributed by atoms with Gasteiger partial charge in [0.2, 0.25) is 6.79 Å². The van der Waals surface area contributed by atoms with E-state index in [1.54, 1.807) is 0 Å². The highest BCUT2D eigenvalue weighted by Gasteiger charge is 2.27. The molecular formula is C14H17N3O3. The zero-order chi connectivity index (χ0) is 14.3. The summed E-state index contributed by atoms with van der Waals surface area (Å²) >= 11 is 0. The first-order valence-corrected chi connectivity index (χ1v) is 6.44. The van der Waals surface area contributed by atoms with Crippen LogP contribution in [0.1, 0.15) is 32.6 Å². The van der Waals surface area contributed by atoms with Crippen LogP contribution in [0.5, 0.6) is 11.5 Å². The molecule has 2 N–H and O–H groups in total. The van der Waals surface area contributed by atoms with Gasteiger partial charge in [-0.25, -0.2) is 0 Å². The van der Waals surface area contributed by atoms with Gasteiger partial charge in [-0.05, 0) is 23.6 Å². The Balaban J connectivity index is 1.90. The molecule has 2 heterocycles.